The van der Waals surface area contributed by atoms with E-state index in [4.69, 9.17) is 21.1 Å². The molecule has 2 aliphatic carbocycles. The maximum atomic E-state index is 12.1. The van der Waals surface area contributed by atoms with Gasteiger partial charge in [-0.05, 0) is 31.9 Å². The summed E-state index contributed by atoms with van der Waals surface area (Å²) >= 11 is 5.71. The van der Waals surface area contributed by atoms with Gasteiger partial charge in [-0.1, -0.05) is 18.0 Å². The third-order valence-corrected chi connectivity index (χ3v) is 4.80. The van der Waals surface area contributed by atoms with E-state index in [9.17, 15) is 4.79 Å². The van der Waals surface area contributed by atoms with Gasteiger partial charge in [0.25, 0.3) is 0 Å². The zero-order chi connectivity index (χ0) is 14.2. The van der Waals surface area contributed by atoms with Gasteiger partial charge in [-0.15, -0.1) is 0 Å². The molecule has 108 valence electrons. The molecule has 0 amide bonds. The van der Waals surface area contributed by atoms with Gasteiger partial charge in [-0.3, -0.25) is 0 Å². The van der Waals surface area contributed by atoms with Gasteiger partial charge in [-0.2, -0.15) is 0 Å². The summed E-state index contributed by atoms with van der Waals surface area (Å²) in [5.41, 5.74) is 0.523. The van der Waals surface area contributed by atoms with Gasteiger partial charge in [0.2, 0.25) is 0 Å². The van der Waals surface area contributed by atoms with Gasteiger partial charge in [0.15, 0.2) is 0 Å². The molecule has 5 heteroatoms. The number of aromatic nitrogens is 1. The average Bonchev–Trinajstić information content (AvgIpc) is 2.36. The molecule has 2 atom stereocenters. The number of carbonyl (C=O) groups excluding carboxylic acids is 1. The first-order valence-electron chi connectivity index (χ1n) is 7.10. The van der Waals surface area contributed by atoms with Crippen molar-refractivity contribution in [1.29, 1.82) is 0 Å². The maximum Gasteiger partial charge on any atom is 0.339 e. The van der Waals surface area contributed by atoms with Crippen LogP contribution in [0.15, 0.2) is 18.3 Å². The second-order valence-corrected chi connectivity index (χ2v) is 5.92. The molecule has 0 aromatic carbocycles. The number of nitrogens with zero attached hydrogens (tertiary/aromatic N) is 1. The average molecular weight is 296 g/mol. The fourth-order valence-electron chi connectivity index (χ4n) is 3.23. The van der Waals surface area contributed by atoms with E-state index in [1.54, 1.807) is 12.1 Å². The molecule has 1 aromatic heterocycles. The predicted molar refractivity (Wildman–Crippen MR) is 74.8 cm³/mol. The lowest BCUT2D eigenvalue weighted by Crippen LogP contribution is -2.63. The Balaban J connectivity index is 1.64. The van der Waals surface area contributed by atoms with Crippen LogP contribution in [0.3, 0.4) is 0 Å². The molecule has 0 aliphatic heterocycles. The molecule has 20 heavy (non-hydrogen) atoms. The van der Waals surface area contributed by atoms with E-state index in [0.29, 0.717) is 17.3 Å². The molecule has 4 nitrogen and oxygen atoms in total. The zero-order valence-electron chi connectivity index (χ0n) is 11.5. The monoisotopic (exact) mass is 295 g/mol. The third kappa shape index (κ3) is 2.21. The van der Waals surface area contributed by atoms with Crippen LogP contribution in [0.4, 0.5) is 0 Å². The molecular formula is C15H18ClNO3. The van der Waals surface area contributed by atoms with Gasteiger partial charge in [0.05, 0.1) is 11.7 Å². The molecule has 1 spiro atoms. The van der Waals surface area contributed by atoms with Crippen molar-refractivity contribution in [3.8, 4) is 0 Å². The van der Waals surface area contributed by atoms with E-state index in [2.05, 4.69) is 4.98 Å². The normalized spacial score (nSPS) is 26.7. The Morgan fingerprint density at radius 1 is 1.45 bits per heavy atom. The predicted octanol–water partition coefficient (Wildman–Crippen LogP) is 3.24. The van der Waals surface area contributed by atoms with Crippen LogP contribution in [0, 0.1) is 5.41 Å². The Morgan fingerprint density at radius 2 is 2.25 bits per heavy atom. The number of hydrogen-bond acceptors (Lipinski definition) is 4. The van der Waals surface area contributed by atoms with Crippen molar-refractivity contribution in [1.82, 2.24) is 4.98 Å². The van der Waals surface area contributed by atoms with Crippen molar-refractivity contribution in [3.05, 3.63) is 29.0 Å². The van der Waals surface area contributed by atoms with Crippen LogP contribution >= 0.6 is 11.6 Å². The molecule has 1 heterocycles. The zero-order valence-corrected chi connectivity index (χ0v) is 12.2. The van der Waals surface area contributed by atoms with Crippen LogP contribution in [0.25, 0.3) is 0 Å². The molecule has 2 saturated carbocycles. The molecule has 0 bridgehead atoms. The van der Waals surface area contributed by atoms with Crippen LogP contribution in [0.5, 0.6) is 0 Å². The molecule has 2 fully saturated rings. The van der Waals surface area contributed by atoms with Crippen molar-refractivity contribution in [2.45, 2.75) is 44.8 Å². The highest BCUT2D eigenvalue weighted by atomic mass is 35.5. The molecule has 0 unspecified atom stereocenters. The number of esters is 1. The summed E-state index contributed by atoms with van der Waals surface area (Å²) in [6, 6.07) is 3.24. The highest BCUT2D eigenvalue weighted by molar-refractivity contribution is 6.29. The van der Waals surface area contributed by atoms with Crippen LogP contribution in [0.2, 0.25) is 5.15 Å². The number of pyridine rings is 1. The Hall–Kier alpha value is -1.13. The first kappa shape index (κ1) is 13.8. The minimum atomic E-state index is -0.319. The second-order valence-electron chi connectivity index (χ2n) is 5.53. The van der Waals surface area contributed by atoms with Crippen molar-refractivity contribution in [2.24, 2.45) is 5.41 Å². The lowest BCUT2D eigenvalue weighted by Gasteiger charge is -2.59. The summed E-state index contributed by atoms with van der Waals surface area (Å²) in [6.07, 6.45) is 5.87. The smallest absolute Gasteiger partial charge is 0.339 e. The molecule has 0 N–H and O–H groups in total. The lowest BCUT2D eigenvalue weighted by atomic mass is 9.52. The number of hydrogen-bond donors (Lipinski definition) is 0. The number of ether oxygens (including phenoxy) is 2. The summed E-state index contributed by atoms with van der Waals surface area (Å²) in [5, 5.41) is 0.372. The first-order chi connectivity index (χ1) is 9.65. The minimum absolute atomic E-state index is 0.0176. The van der Waals surface area contributed by atoms with Crippen LogP contribution in [-0.4, -0.2) is 29.8 Å². The van der Waals surface area contributed by atoms with E-state index < -0.39 is 0 Å². The third-order valence-electron chi connectivity index (χ3n) is 4.58. The molecule has 1 aromatic rings. The maximum absolute atomic E-state index is 12.1. The summed E-state index contributed by atoms with van der Waals surface area (Å²) in [5.74, 6) is -0.319. The number of carbonyl (C=O) groups is 1. The van der Waals surface area contributed by atoms with Crippen molar-refractivity contribution >= 4 is 17.6 Å². The molecule has 0 radical (unpaired) electrons. The van der Waals surface area contributed by atoms with E-state index >= 15 is 0 Å². The molecule has 2 aliphatic rings. The summed E-state index contributed by atoms with van der Waals surface area (Å²) in [4.78, 5) is 16.0. The van der Waals surface area contributed by atoms with Gasteiger partial charge in [-0.25, -0.2) is 9.78 Å². The SMILES string of the molecule is CCO[C@H]1C[C@H](OC(=O)c2ccc(Cl)nc2)C12CCC2. The van der Waals surface area contributed by atoms with Crippen LogP contribution in [-0.2, 0) is 9.47 Å². The van der Waals surface area contributed by atoms with Gasteiger partial charge >= 0.3 is 5.97 Å². The number of halogens is 1. The Kier molecular flexibility index (Phi) is 3.69. The Bertz CT molecular complexity index is 498. The fraction of sp³-hybridized carbons (Fsp3) is 0.600. The molecule has 0 saturated heterocycles. The van der Waals surface area contributed by atoms with E-state index in [1.807, 2.05) is 6.92 Å². The van der Waals surface area contributed by atoms with Crippen molar-refractivity contribution in [2.75, 3.05) is 6.61 Å². The highest BCUT2D eigenvalue weighted by Gasteiger charge is 2.61. The summed E-state index contributed by atoms with van der Waals surface area (Å²) in [7, 11) is 0. The Morgan fingerprint density at radius 3 is 2.80 bits per heavy atom. The lowest BCUT2D eigenvalue weighted by molar-refractivity contribution is -0.225. The molecule has 3 rings (SSSR count). The topological polar surface area (TPSA) is 48.4 Å². The van der Waals surface area contributed by atoms with Crippen molar-refractivity contribution in [3.63, 3.8) is 0 Å². The van der Waals surface area contributed by atoms with E-state index in [0.717, 1.165) is 19.3 Å². The second kappa shape index (κ2) is 5.34. The van der Waals surface area contributed by atoms with E-state index in [1.165, 1.54) is 12.6 Å². The quantitative estimate of drug-likeness (QED) is 0.632. The van der Waals surface area contributed by atoms with Crippen LogP contribution < -0.4 is 0 Å². The molecular weight excluding hydrogens is 278 g/mol. The highest BCUT2D eigenvalue weighted by Crippen LogP contribution is 2.58. The fourth-order valence-corrected chi connectivity index (χ4v) is 3.35. The van der Waals surface area contributed by atoms with Gasteiger partial charge in [0.1, 0.15) is 11.3 Å². The van der Waals surface area contributed by atoms with Gasteiger partial charge < -0.3 is 9.47 Å². The largest absolute Gasteiger partial charge is 0.458 e. The standard InChI is InChI=1S/C15H18ClNO3/c1-2-19-11-8-12(15(11)6-3-7-15)20-14(18)10-4-5-13(16)17-9-10/h4-5,9,11-12H,2-3,6-8H2,1H3/t11-,12-/m0/s1. The van der Waals surface area contributed by atoms with Crippen molar-refractivity contribution < 1.29 is 14.3 Å². The van der Waals surface area contributed by atoms with Gasteiger partial charge in [0, 0.05) is 24.6 Å². The van der Waals surface area contributed by atoms with Crippen LogP contribution in [0.1, 0.15) is 43.0 Å². The first-order valence-corrected chi connectivity index (χ1v) is 7.47. The Labute approximate surface area is 123 Å². The summed E-state index contributed by atoms with van der Waals surface area (Å²) < 4.78 is 11.4. The number of rotatable bonds is 4. The minimum Gasteiger partial charge on any atom is -0.458 e. The summed E-state index contributed by atoms with van der Waals surface area (Å²) in [6.45, 7) is 2.72. The van der Waals surface area contributed by atoms with E-state index in [-0.39, 0.29) is 23.6 Å².